The summed E-state index contributed by atoms with van der Waals surface area (Å²) in [6.45, 7) is 5.61. The maximum atomic E-state index is 13.4. The Morgan fingerprint density at radius 2 is 1.68 bits per heavy atom. The summed E-state index contributed by atoms with van der Waals surface area (Å²) in [5, 5.41) is 17.6. The van der Waals surface area contributed by atoms with Crippen molar-refractivity contribution in [2.45, 2.75) is 38.0 Å². The number of rotatable bonds is 2. The van der Waals surface area contributed by atoms with Gasteiger partial charge in [-0.25, -0.2) is 0 Å². The Morgan fingerprint density at radius 1 is 1.11 bits per heavy atom. The average Bonchev–Trinajstić information content (AvgIpc) is 2.79. The fourth-order valence-corrected chi connectivity index (χ4v) is 4.04. The number of thiol groups is 1. The number of alkyl halides is 3. The summed E-state index contributed by atoms with van der Waals surface area (Å²) in [6.07, 6.45) is -4.67. The summed E-state index contributed by atoms with van der Waals surface area (Å²) >= 11 is 4.62. The number of nitrogens with zero attached hydrogens (tertiary/aromatic N) is 3. The van der Waals surface area contributed by atoms with E-state index in [9.17, 15) is 13.2 Å². The first-order valence-corrected chi connectivity index (χ1v) is 9.04. The van der Waals surface area contributed by atoms with E-state index < -0.39 is 28.3 Å². The van der Waals surface area contributed by atoms with Crippen LogP contribution in [0.4, 0.5) is 24.5 Å². The minimum atomic E-state index is -4.67. The summed E-state index contributed by atoms with van der Waals surface area (Å²) in [7, 11) is 0. The Morgan fingerprint density at radius 3 is 2.21 bits per heavy atom. The molecule has 1 N–H and O–H groups in total. The fraction of sp³-hybridized carbons (Fsp3) is 0.300. The van der Waals surface area contributed by atoms with Crippen LogP contribution in [0.3, 0.4) is 0 Å². The summed E-state index contributed by atoms with van der Waals surface area (Å²) < 4.78 is 40.1. The van der Waals surface area contributed by atoms with Gasteiger partial charge in [0.25, 0.3) is 0 Å². The van der Waals surface area contributed by atoms with Crippen LogP contribution >= 0.6 is 12.6 Å². The molecule has 0 aliphatic carbocycles. The van der Waals surface area contributed by atoms with Crippen LogP contribution in [0.15, 0.2) is 42.5 Å². The third-order valence-electron chi connectivity index (χ3n) is 4.90. The second-order valence-electron chi connectivity index (χ2n) is 7.17. The molecule has 146 valence electrons. The zero-order chi connectivity index (χ0) is 20.9. The van der Waals surface area contributed by atoms with Gasteiger partial charge in [-0.15, -0.1) is 12.6 Å². The second kappa shape index (κ2) is 6.74. The molecule has 0 radical (unpaired) electrons. The van der Waals surface area contributed by atoms with Gasteiger partial charge in [0, 0.05) is 11.4 Å². The lowest BCUT2D eigenvalue weighted by Gasteiger charge is -2.34. The Balaban J connectivity index is 2.10. The van der Waals surface area contributed by atoms with E-state index in [-0.39, 0.29) is 11.5 Å². The number of aryl methyl sites for hydroxylation is 1. The molecule has 4 nitrogen and oxygen atoms in total. The molecule has 1 fully saturated rings. The zero-order valence-electron chi connectivity index (χ0n) is 15.5. The molecule has 1 atom stereocenters. The van der Waals surface area contributed by atoms with Gasteiger partial charge in [0.05, 0.1) is 22.7 Å². The molecule has 2 aromatic carbocycles. The van der Waals surface area contributed by atoms with E-state index in [0.29, 0.717) is 0 Å². The van der Waals surface area contributed by atoms with Crippen LogP contribution in [-0.2, 0) is 6.18 Å². The number of amidine groups is 1. The molecule has 1 saturated heterocycles. The predicted molar refractivity (Wildman–Crippen MR) is 107 cm³/mol. The number of hydrogen-bond donors (Lipinski definition) is 2. The van der Waals surface area contributed by atoms with Crippen LogP contribution in [0, 0.1) is 23.7 Å². The normalized spacial score (nSPS) is 19.1. The minimum absolute atomic E-state index is 0.117. The van der Waals surface area contributed by atoms with Crippen molar-refractivity contribution in [1.29, 1.82) is 10.7 Å². The highest BCUT2D eigenvalue weighted by Gasteiger charge is 2.49. The maximum absolute atomic E-state index is 13.4. The Bertz CT molecular complexity index is 961. The van der Waals surface area contributed by atoms with Gasteiger partial charge in [-0.2, -0.15) is 18.4 Å². The lowest BCUT2D eigenvalue weighted by atomic mass is 10.0. The van der Waals surface area contributed by atoms with Crippen molar-refractivity contribution >= 4 is 29.8 Å². The molecule has 0 spiro atoms. The van der Waals surface area contributed by atoms with E-state index in [0.717, 1.165) is 23.4 Å². The van der Waals surface area contributed by atoms with E-state index in [1.165, 1.54) is 11.0 Å². The number of anilines is 2. The highest BCUT2D eigenvalue weighted by Crippen LogP contribution is 2.42. The summed E-state index contributed by atoms with van der Waals surface area (Å²) in [5.41, 5.74) is -0.899. The van der Waals surface area contributed by atoms with E-state index >= 15 is 0 Å². The molecule has 1 aliphatic heterocycles. The van der Waals surface area contributed by atoms with Gasteiger partial charge in [-0.05, 0) is 51.1 Å². The van der Waals surface area contributed by atoms with Gasteiger partial charge in [0.2, 0.25) is 0 Å². The van der Waals surface area contributed by atoms with E-state index in [1.54, 1.807) is 6.07 Å². The first-order chi connectivity index (χ1) is 13.0. The van der Waals surface area contributed by atoms with Crippen LogP contribution in [-0.4, -0.2) is 16.9 Å². The van der Waals surface area contributed by atoms with Crippen molar-refractivity contribution in [3.8, 4) is 6.07 Å². The SMILES string of the molecule is Cc1ccc(N2C(S)N(c3ccc(C#N)c(C(F)(F)F)c3)C(=N)C2(C)C)cc1. The first-order valence-electron chi connectivity index (χ1n) is 8.52. The molecule has 0 saturated carbocycles. The number of benzene rings is 2. The molecule has 3 rings (SSSR count). The highest BCUT2D eigenvalue weighted by molar-refractivity contribution is 7.81. The first kappa shape index (κ1) is 20.1. The van der Waals surface area contributed by atoms with Gasteiger partial charge in [-0.1, -0.05) is 17.7 Å². The van der Waals surface area contributed by atoms with Crippen LogP contribution < -0.4 is 9.80 Å². The molecule has 1 heterocycles. The average molecular weight is 404 g/mol. The van der Waals surface area contributed by atoms with E-state index in [2.05, 4.69) is 12.6 Å². The number of halogens is 3. The largest absolute Gasteiger partial charge is 0.417 e. The smallest absolute Gasteiger partial charge is 0.330 e. The molecule has 0 amide bonds. The third kappa shape index (κ3) is 3.20. The maximum Gasteiger partial charge on any atom is 0.417 e. The zero-order valence-corrected chi connectivity index (χ0v) is 16.4. The van der Waals surface area contributed by atoms with Gasteiger partial charge < -0.3 is 4.90 Å². The second-order valence-corrected chi connectivity index (χ2v) is 7.63. The molecule has 0 bridgehead atoms. The van der Waals surface area contributed by atoms with Crippen LogP contribution in [0.25, 0.3) is 0 Å². The molecule has 1 unspecified atom stereocenters. The number of hydrogen-bond acceptors (Lipinski definition) is 4. The Kier molecular flexibility index (Phi) is 4.84. The molecular weight excluding hydrogens is 385 g/mol. The van der Waals surface area contributed by atoms with Crippen molar-refractivity contribution < 1.29 is 13.2 Å². The van der Waals surface area contributed by atoms with Crippen molar-refractivity contribution in [2.24, 2.45) is 0 Å². The number of nitriles is 1. The minimum Gasteiger partial charge on any atom is -0.330 e. The Hall–Kier alpha value is -2.66. The van der Waals surface area contributed by atoms with Crippen LogP contribution in [0.2, 0.25) is 0 Å². The van der Waals surface area contributed by atoms with Gasteiger partial charge in [-0.3, -0.25) is 10.3 Å². The molecule has 2 aromatic rings. The summed E-state index contributed by atoms with van der Waals surface area (Å²) in [6, 6.07) is 12.7. The molecule has 8 heteroatoms. The standard InChI is InChI=1S/C20H19F3N4S/c1-12-4-7-14(8-5-12)27-18(28)26(17(25)19(27,2)3)15-9-6-13(11-24)16(10-15)20(21,22)23/h4-10,18,25,28H,1-3H3. The van der Waals surface area contributed by atoms with Crippen molar-refractivity contribution in [3.63, 3.8) is 0 Å². The predicted octanol–water partition coefficient (Wildman–Crippen LogP) is 5.18. The molecule has 28 heavy (non-hydrogen) atoms. The van der Waals surface area contributed by atoms with Crippen molar-refractivity contribution in [1.82, 2.24) is 0 Å². The van der Waals surface area contributed by atoms with Crippen molar-refractivity contribution in [3.05, 3.63) is 59.2 Å². The third-order valence-corrected chi connectivity index (χ3v) is 5.37. The van der Waals surface area contributed by atoms with Gasteiger partial charge in [0.15, 0.2) is 5.50 Å². The van der Waals surface area contributed by atoms with Crippen molar-refractivity contribution in [2.75, 3.05) is 9.80 Å². The van der Waals surface area contributed by atoms with E-state index in [1.807, 2.05) is 49.9 Å². The van der Waals surface area contributed by atoms with E-state index in [4.69, 9.17) is 10.7 Å². The molecule has 1 aliphatic rings. The van der Waals surface area contributed by atoms with Gasteiger partial charge >= 0.3 is 6.18 Å². The highest BCUT2D eigenvalue weighted by atomic mass is 32.1. The van der Waals surface area contributed by atoms with Gasteiger partial charge in [0.1, 0.15) is 5.84 Å². The molecule has 0 aromatic heterocycles. The molecular formula is C20H19F3N4S. The van der Waals surface area contributed by atoms with Crippen LogP contribution in [0.1, 0.15) is 30.5 Å². The number of nitrogens with one attached hydrogen (secondary N) is 1. The summed E-state index contributed by atoms with van der Waals surface area (Å²) in [4.78, 5) is 3.32. The topological polar surface area (TPSA) is 54.1 Å². The van der Waals surface area contributed by atoms with Crippen LogP contribution in [0.5, 0.6) is 0 Å². The fourth-order valence-electron chi connectivity index (χ4n) is 3.37. The lowest BCUT2D eigenvalue weighted by molar-refractivity contribution is -0.137. The quantitative estimate of drug-likeness (QED) is 0.678. The Labute approximate surface area is 167 Å². The summed E-state index contributed by atoms with van der Waals surface area (Å²) in [5.74, 6) is 0.117. The monoisotopic (exact) mass is 404 g/mol. The lowest BCUT2D eigenvalue weighted by Crippen LogP contribution is -2.44.